The third-order valence-electron chi connectivity index (χ3n) is 5.71. The van der Waals surface area contributed by atoms with E-state index < -0.39 is 44.9 Å². The Hall–Kier alpha value is -2.83. The summed E-state index contributed by atoms with van der Waals surface area (Å²) in [5.41, 5.74) is 4.93. The highest BCUT2D eigenvalue weighted by molar-refractivity contribution is 7.52. The first-order valence-electron chi connectivity index (χ1n) is 11.9. The number of nitrogen functional groups attached to an aromatic ring is 1. The average Bonchev–Trinajstić information content (AvgIpc) is 3.48. The van der Waals surface area contributed by atoms with Gasteiger partial charge in [0.15, 0.2) is 10.8 Å². The van der Waals surface area contributed by atoms with E-state index in [2.05, 4.69) is 20.0 Å². The van der Waals surface area contributed by atoms with Gasteiger partial charge in [-0.1, -0.05) is 29.8 Å². The lowest BCUT2D eigenvalue weighted by Gasteiger charge is -2.29. The highest BCUT2D eigenvalue weighted by Crippen LogP contribution is 2.48. The minimum absolute atomic E-state index is 0.0440. The zero-order valence-corrected chi connectivity index (χ0v) is 22.7. The van der Waals surface area contributed by atoms with Gasteiger partial charge >= 0.3 is 13.7 Å². The van der Waals surface area contributed by atoms with Crippen molar-refractivity contribution in [2.24, 2.45) is 0 Å². The van der Waals surface area contributed by atoms with E-state index in [0.29, 0.717) is 17.6 Å². The normalized spacial score (nSPS) is 21.9. The summed E-state index contributed by atoms with van der Waals surface area (Å²) in [4.78, 5) is 24.6. The Bertz CT molecular complexity index is 1330. The van der Waals surface area contributed by atoms with E-state index in [1.165, 1.54) is 13.3 Å². The van der Waals surface area contributed by atoms with Crippen LogP contribution in [-0.2, 0) is 23.4 Å². The highest BCUT2D eigenvalue weighted by atomic mass is 35.5. The van der Waals surface area contributed by atoms with Crippen LogP contribution >= 0.6 is 19.3 Å². The third-order valence-corrected chi connectivity index (χ3v) is 7.59. The van der Waals surface area contributed by atoms with Crippen LogP contribution in [0.4, 0.5) is 10.3 Å². The number of ether oxygens (including phenoxy) is 2. The number of halogens is 2. The summed E-state index contributed by atoms with van der Waals surface area (Å²) < 4.78 is 52.3. The molecule has 38 heavy (non-hydrogen) atoms. The minimum atomic E-state index is -4.21. The van der Waals surface area contributed by atoms with Crippen molar-refractivity contribution in [2.45, 2.75) is 57.6 Å². The summed E-state index contributed by atoms with van der Waals surface area (Å²) in [6, 6.07) is 7.22. The summed E-state index contributed by atoms with van der Waals surface area (Å²) in [6.07, 6.45) is 0.993. The maximum atomic E-state index is 14.4. The number of carbonyl (C=O) groups is 1. The fraction of sp³-hybridized carbons (Fsp3) is 0.478. The van der Waals surface area contributed by atoms with Gasteiger partial charge in [0, 0.05) is 0 Å². The number of rotatable bonds is 11. The molecule has 4 rings (SSSR count). The van der Waals surface area contributed by atoms with Gasteiger partial charge in [-0.2, -0.15) is 15.1 Å². The Morgan fingerprint density at radius 3 is 2.76 bits per heavy atom. The predicted octanol–water partition coefficient (Wildman–Crippen LogP) is 4.21. The Labute approximate surface area is 223 Å². The number of esters is 1. The Morgan fingerprint density at radius 2 is 2.08 bits per heavy atom. The maximum absolute atomic E-state index is 14.4. The first-order valence-corrected chi connectivity index (χ1v) is 13.8. The minimum Gasteiger partial charge on any atom is -0.462 e. The average molecular weight is 571 g/mol. The van der Waals surface area contributed by atoms with Crippen molar-refractivity contribution < 1.29 is 32.3 Å². The van der Waals surface area contributed by atoms with Gasteiger partial charge < -0.3 is 19.7 Å². The van der Waals surface area contributed by atoms with E-state index in [0.717, 1.165) is 0 Å². The van der Waals surface area contributed by atoms with E-state index in [9.17, 15) is 13.8 Å². The number of fused-ring (bicyclic) bond motifs is 1. The molecule has 1 aromatic carbocycles. The van der Waals surface area contributed by atoms with Crippen molar-refractivity contribution in [3.05, 3.63) is 41.8 Å². The van der Waals surface area contributed by atoms with Gasteiger partial charge in [0.2, 0.25) is 5.95 Å². The summed E-state index contributed by atoms with van der Waals surface area (Å²) in [7, 11) is -4.21. The molecule has 0 aliphatic carbocycles. The second-order valence-electron chi connectivity index (χ2n) is 9.14. The van der Waals surface area contributed by atoms with Gasteiger partial charge in [0.05, 0.1) is 19.0 Å². The SMILES string of the molecule is CC(C)OC(=O)C(C)NP(=O)(OCC1(CF)CCC(n2cnc3c(Cl)nc(N)nc32)O1)Oc1ccccc1. The van der Waals surface area contributed by atoms with Crippen molar-refractivity contribution >= 4 is 42.4 Å². The van der Waals surface area contributed by atoms with Crippen LogP contribution in [-0.4, -0.2) is 56.5 Å². The number of carbonyl (C=O) groups excluding carboxylic acids is 1. The lowest BCUT2D eigenvalue weighted by Crippen LogP contribution is -2.40. The van der Waals surface area contributed by atoms with Crippen LogP contribution in [0.5, 0.6) is 5.75 Å². The number of imidazole rings is 1. The molecule has 3 aromatic rings. The topological polar surface area (TPSA) is 153 Å². The fourth-order valence-electron chi connectivity index (χ4n) is 3.88. The summed E-state index contributed by atoms with van der Waals surface area (Å²) >= 11 is 6.11. The first-order chi connectivity index (χ1) is 18.0. The maximum Gasteiger partial charge on any atom is 0.459 e. The number of anilines is 1. The molecule has 15 heteroatoms. The standard InChI is InChI=1S/C23H29ClFN6O6P/c1-14(2)35-21(32)15(3)30-38(33,37-16-7-5-4-6-8-16)34-12-23(11-25)10-9-17(36-23)31-13-27-18-19(24)28-22(26)29-20(18)31/h4-8,13-15,17H,9-12H2,1-3H3,(H,30,33)(H2,26,28,29). The Morgan fingerprint density at radius 1 is 1.34 bits per heavy atom. The number of alkyl halides is 1. The van der Waals surface area contributed by atoms with E-state index in [-0.39, 0.29) is 29.4 Å². The summed E-state index contributed by atoms with van der Waals surface area (Å²) in [6.45, 7) is 3.47. The van der Waals surface area contributed by atoms with Crippen molar-refractivity contribution in [1.29, 1.82) is 0 Å². The quantitative estimate of drug-likeness (QED) is 0.193. The second kappa shape index (κ2) is 11.5. The molecule has 3 heterocycles. The molecule has 206 valence electrons. The van der Waals surface area contributed by atoms with Crippen LogP contribution in [0.25, 0.3) is 11.2 Å². The number of nitrogens with zero attached hydrogens (tertiary/aromatic N) is 4. The molecule has 12 nitrogen and oxygen atoms in total. The van der Waals surface area contributed by atoms with Crippen LogP contribution in [0.3, 0.4) is 0 Å². The molecule has 0 amide bonds. The van der Waals surface area contributed by atoms with Gasteiger partial charge in [0.1, 0.15) is 35.8 Å². The van der Waals surface area contributed by atoms with E-state index >= 15 is 0 Å². The van der Waals surface area contributed by atoms with Crippen LogP contribution in [0.15, 0.2) is 36.7 Å². The number of para-hydroxylation sites is 1. The van der Waals surface area contributed by atoms with Gasteiger partial charge in [-0.05, 0) is 45.7 Å². The molecule has 0 radical (unpaired) electrons. The van der Waals surface area contributed by atoms with Crippen molar-refractivity contribution in [1.82, 2.24) is 24.6 Å². The van der Waals surface area contributed by atoms with Gasteiger partial charge in [-0.3, -0.25) is 13.9 Å². The molecule has 4 unspecified atom stereocenters. The summed E-state index contributed by atoms with van der Waals surface area (Å²) in [5, 5.41) is 2.67. The van der Waals surface area contributed by atoms with Gasteiger partial charge in [-0.15, -0.1) is 0 Å². The number of hydrogen-bond acceptors (Lipinski definition) is 10. The second-order valence-corrected chi connectivity index (χ2v) is 11.2. The molecule has 0 saturated carbocycles. The van der Waals surface area contributed by atoms with Crippen LogP contribution in [0.1, 0.15) is 39.8 Å². The molecule has 1 aliphatic heterocycles. The predicted molar refractivity (Wildman–Crippen MR) is 137 cm³/mol. The first kappa shape index (κ1) is 28.2. The molecule has 1 aliphatic rings. The van der Waals surface area contributed by atoms with Crippen LogP contribution in [0, 0.1) is 0 Å². The van der Waals surface area contributed by atoms with Crippen LogP contribution < -0.4 is 15.3 Å². The molecular formula is C23H29ClFN6O6P. The number of hydrogen-bond donors (Lipinski definition) is 2. The molecule has 4 atom stereocenters. The number of aromatic nitrogens is 4. The Balaban J connectivity index is 1.52. The van der Waals surface area contributed by atoms with E-state index in [1.807, 2.05) is 0 Å². The number of nitrogens with two attached hydrogens (primary N) is 1. The lowest BCUT2D eigenvalue weighted by atomic mass is 10.0. The smallest absolute Gasteiger partial charge is 0.459 e. The molecule has 1 saturated heterocycles. The lowest BCUT2D eigenvalue weighted by molar-refractivity contribution is -0.149. The molecule has 0 bridgehead atoms. The molecule has 2 aromatic heterocycles. The fourth-order valence-corrected chi connectivity index (χ4v) is 5.66. The monoisotopic (exact) mass is 570 g/mol. The Kier molecular flexibility index (Phi) is 8.53. The van der Waals surface area contributed by atoms with Crippen molar-refractivity contribution in [3.63, 3.8) is 0 Å². The zero-order chi connectivity index (χ0) is 27.5. The van der Waals surface area contributed by atoms with Crippen molar-refractivity contribution in [2.75, 3.05) is 19.0 Å². The van der Waals surface area contributed by atoms with Crippen LogP contribution in [0.2, 0.25) is 5.15 Å². The molecule has 1 fully saturated rings. The molecular weight excluding hydrogens is 542 g/mol. The third kappa shape index (κ3) is 6.41. The zero-order valence-electron chi connectivity index (χ0n) is 21.0. The largest absolute Gasteiger partial charge is 0.462 e. The summed E-state index contributed by atoms with van der Waals surface area (Å²) in [5.74, 6) is -0.464. The van der Waals surface area contributed by atoms with E-state index in [4.69, 9.17) is 35.9 Å². The van der Waals surface area contributed by atoms with Crippen molar-refractivity contribution in [3.8, 4) is 5.75 Å². The number of benzene rings is 1. The number of nitrogens with one attached hydrogen (secondary N) is 1. The highest BCUT2D eigenvalue weighted by Gasteiger charge is 2.45. The van der Waals surface area contributed by atoms with E-state index in [1.54, 1.807) is 48.7 Å². The van der Waals surface area contributed by atoms with Gasteiger partial charge in [-0.25, -0.2) is 13.9 Å². The molecule has 3 N–H and O–H groups in total. The van der Waals surface area contributed by atoms with Gasteiger partial charge in [0.25, 0.3) is 0 Å². The molecule has 0 spiro atoms.